The number of aliphatic hydroxyl groups is 2. The molecule has 0 spiro atoms. The lowest BCUT2D eigenvalue weighted by Gasteiger charge is -2.20. The summed E-state index contributed by atoms with van der Waals surface area (Å²) < 4.78 is 33.1. The molecule has 0 aliphatic rings. The van der Waals surface area contributed by atoms with Crippen molar-refractivity contribution in [1.29, 1.82) is 0 Å². The number of methoxy groups -OCH3 is 2. The van der Waals surface area contributed by atoms with E-state index in [1.165, 1.54) is 38.4 Å². The van der Waals surface area contributed by atoms with Crippen LogP contribution in [0, 0.1) is 11.7 Å². The summed E-state index contributed by atoms with van der Waals surface area (Å²) in [4.78, 5) is 11.6. The van der Waals surface area contributed by atoms with Crippen molar-refractivity contribution in [1.82, 2.24) is 0 Å². The molecular formula is C33H53FN2O7. The predicted molar refractivity (Wildman–Crippen MR) is 172 cm³/mol. The maximum atomic E-state index is 12.6. The molecule has 0 fully saturated rings. The van der Waals surface area contributed by atoms with Gasteiger partial charge in [-0.3, -0.25) is 0 Å². The molecule has 0 saturated carbocycles. The molecule has 244 valence electrons. The van der Waals surface area contributed by atoms with Gasteiger partial charge in [-0.2, -0.15) is 0 Å². The Bertz CT molecular complexity index is 997. The second-order valence-electron chi connectivity index (χ2n) is 9.30. The molecule has 0 amide bonds. The van der Waals surface area contributed by atoms with Crippen molar-refractivity contribution < 1.29 is 38.3 Å². The summed E-state index contributed by atoms with van der Waals surface area (Å²) in [7, 11) is 4.54. The number of ether oxygens (including phenoxy) is 4. The van der Waals surface area contributed by atoms with Gasteiger partial charge in [-0.25, -0.2) is 9.18 Å². The van der Waals surface area contributed by atoms with E-state index in [0.717, 1.165) is 37.5 Å². The number of esters is 1. The molecule has 6 N–H and O–H groups in total. The maximum Gasteiger partial charge on any atom is 0.338 e. The van der Waals surface area contributed by atoms with Gasteiger partial charge in [-0.15, -0.1) is 0 Å². The number of halogens is 1. The van der Waals surface area contributed by atoms with E-state index in [1.807, 2.05) is 50.3 Å². The van der Waals surface area contributed by atoms with Gasteiger partial charge in [0.1, 0.15) is 23.8 Å². The van der Waals surface area contributed by atoms with Gasteiger partial charge >= 0.3 is 5.97 Å². The van der Waals surface area contributed by atoms with Crippen LogP contribution in [0.4, 0.5) is 10.1 Å². The van der Waals surface area contributed by atoms with Crippen LogP contribution in [0.3, 0.4) is 0 Å². The van der Waals surface area contributed by atoms with Crippen molar-refractivity contribution >= 4 is 11.7 Å². The second-order valence-corrected chi connectivity index (χ2v) is 9.30. The zero-order valence-corrected chi connectivity index (χ0v) is 26.7. The highest BCUT2D eigenvalue weighted by Crippen LogP contribution is 2.13. The molecule has 4 atom stereocenters. The van der Waals surface area contributed by atoms with E-state index in [0.29, 0.717) is 5.92 Å². The summed E-state index contributed by atoms with van der Waals surface area (Å²) in [6.45, 7) is 8.82. The van der Waals surface area contributed by atoms with Gasteiger partial charge in [-0.1, -0.05) is 37.3 Å². The van der Waals surface area contributed by atoms with Crippen LogP contribution in [0.2, 0.25) is 0 Å². The minimum Gasteiger partial charge on any atom is -0.497 e. The molecule has 0 heterocycles. The van der Waals surface area contributed by atoms with Crippen LogP contribution in [-0.4, -0.2) is 75.6 Å². The molecule has 0 aliphatic heterocycles. The third-order valence-corrected chi connectivity index (χ3v) is 5.51. The summed E-state index contributed by atoms with van der Waals surface area (Å²) in [6.07, 6.45) is 8.60. The van der Waals surface area contributed by atoms with E-state index in [9.17, 15) is 9.18 Å². The Morgan fingerprint density at radius 1 is 1.05 bits per heavy atom. The molecule has 43 heavy (non-hydrogen) atoms. The minimum absolute atomic E-state index is 0.208. The number of allylic oxidation sites excluding steroid dienone is 3. The number of hydrogen-bond donors (Lipinski definition) is 4. The largest absolute Gasteiger partial charge is 0.497 e. The Hall–Kier alpha value is -3.28. The lowest BCUT2D eigenvalue weighted by molar-refractivity contribution is -0.0486. The number of nitrogen functional groups attached to an aromatic ring is 1. The number of rotatable bonds is 14. The van der Waals surface area contributed by atoms with E-state index in [2.05, 4.69) is 18.7 Å². The van der Waals surface area contributed by atoms with E-state index >= 15 is 0 Å². The summed E-state index contributed by atoms with van der Waals surface area (Å²) in [6, 6.07) is 12.4. The molecule has 0 radical (unpaired) electrons. The zero-order valence-electron chi connectivity index (χ0n) is 26.7. The van der Waals surface area contributed by atoms with Crippen LogP contribution in [0.5, 0.6) is 5.75 Å². The fourth-order valence-electron chi connectivity index (χ4n) is 3.13. The van der Waals surface area contributed by atoms with Crippen molar-refractivity contribution in [2.24, 2.45) is 11.7 Å². The second kappa shape index (κ2) is 27.5. The van der Waals surface area contributed by atoms with Crippen LogP contribution in [0.1, 0.15) is 50.9 Å². The Kier molecular flexibility index (Phi) is 26.8. The summed E-state index contributed by atoms with van der Waals surface area (Å²) in [5.74, 6) is 0.260. The number of benzene rings is 2. The monoisotopic (exact) mass is 608 g/mol. The Morgan fingerprint density at radius 3 is 2.19 bits per heavy atom. The molecule has 10 heteroatoms. The lowest BCUT2D eigenvalue weighted by atomic mass is 10.2. The number of aliphatic hydroxyl groups excluding tert-OH is 2. The minimum atomic E-state index is -0.581. The average molecular weight is 609 g/mol. The first kappa shape index (κ1) is 41.9. The Balaban J connectivity index is 0. The normalized spacial score (nSPS) is 13.3. The number of anilines is 1. The standard InChI is InChI=1S/C13H24O2.C12H15FO4.C7H9NO.CH5N/c1-4-5-6-8-12(2)11-15-10-7-9-13(3)14;1-8(11(7-14)16-2)17-12(15)9-3-5-10(13)6-4-9;1-9-7-4-2-3-6(8)5-7;1-2/h4-6,8,12-14H,7,9-11H2,1-3H3;3-6,8,11,14H,7H2,1-2H3;2-5H,8H2,1H3;2H2,1H3/b5-4-,8-6-;;;. The lowest BCUT2D eigenvalue weighted by Crippen LogP contribution is -2.33. The number of carbonyl (C=O) groups excluding carboxylic acids is 1. The van der Waals surface area contributed by atoms with Crippen molar-refractivity contribution in [2.75, 3.05) is 46.8 Å². The van der Waals surface area contributed by atoms with Gasteiger partial charge in [0.05, 0.1) is 32.0 Å². The average Bonchev–Trinajstić information content (AvgIpc) is 2.99. The fraction of sp³-hybridized carbons (Fsp3) is 0.485. The smallest absolute Gasteiger partial charge is 0.338 e. The molecule has 0 bridgehead atoms. The Labute approximate surface area is 257 Å². The van der Waals surface area contributed by atoms with Crippen molar-refractivity contribution in [3.63, 3.8) is 0 Å². The van der Waals surface area contributed by atoms with Crippen molar-refractivity contribution in [2.45, 2.75) is 58.8 Å². The molecular weight excluding hydrogens is 555 g/mol. The molecule has 0 saturated heterocycles. The first-order valence-corrected chi connectivity index (χ1v) is 14.2. The molecule has 9 nitrogen and oxygen atoms in total. The van der Waals surface area contributed by atoms with Crippen molar-refractivity contribution in [3.05, 3.63) is 84.2 Å². The van der Waals surface area contributed by atoms with E-state index < -0.39 is 24.0 Å². The van der Waals surface area contributed by atoms with Crippen LogP contribution >= 0.6 is 0 Å². The van der Waals surface area contributed by atoms with Gasteiger partial charge in [-0.05, 0) is 83.0 Å². The summed E-state index contributed by atoms with van der Waals surface area (Å²) >= 11 is 0. The zero-order chi connectivity index (χ0) is 33.0. The maximum absolute atomic E-state index is 12.6. The van der Waals surface area contributed by atoms with E-state index in [1.54, 1.807) is 20.1 Å². The molecule has 2 aromatic rings. The van der Waals surface area contributed by atoms with E-state index in [4.69, 9.17) is 34.9 Å². The molecule has 0 aromatic heterocycles. The first-order chi connectivity index (χ1) is 20.6. The number of carbonyl (C=O) groups is 1. The quantitative estimate of drug-likeness (QED) is 0.0988. The first-order valence-electron chi connectivity index (χ1n) is 14.2. The highest BCUT2D eigenvalue weighted by molar-refractivity contribution is 5.89. The topological polar surface area (TPSA) is 146 Å². The third kappa shape index (κ3) is 22.9. The van der Waals surface area contributed by atoms with Gasteiger partial charge < -0.3 is 40.6 Å². The fourth-order valence-corrected chi connectivity index (χ4v) is 3.13. The SMILES string of the molecule is C/C=C\C=C/C(C)COCCCC(C)O.CN.COC(CO)C(C)OC(=O)c1ccc(F)cc1.COc1cccc(N)c1. The number of nitrogens with two attached hydrogens (primary N) is 2. The van der Waals surface area contributed by atoms with Crippen LogP contribution in [-0.2, 0) is 14.2 Å². The van der Waals surface area contributed by atoms with Gasteiger partial charge in [0.2, 0.25) is 0 Å². The number of hydrogen-bond acceptors (Lipinski definition) is 9. The molecule has 0 aliphatic carbocycles. The van der Waals surface area contributed by atoms with Crippen molar-refractivity contribution in [3.8, 4) is 5.75 Å². The van der Waals surface area contributed by atoms with Crippen LogP contribution in [0.25, 0.3) is 0 Å². The highest BCUT2D eigenvalue weighted by Gasteiger charge is 2.20. The Morgan fingerprint density at radius 2 is 1.70 bits per heavy atom. The van der Waals surface area contributed by atoms with Crippen LogP contribution < -0.4 is 16.2 Å². The van der Waals surface area contributed by atoms with Gasteiger partial charge in [0, 0.05) is 25.5 Å². The van der Waals surface area contributed by atoms with E-state index in [-0.39, 0.29) is 18.3 Å². The van der Waals surface area contributed by atoms with Crippen LogP contribution in [0.15, 0.2) is 72.8 Å². The summed E-state index contributed by atoms with van der Waals surface area (Å²) in [5.41, 5.74) is 10.9. The third-order valence-electron chi connectivity index (χ3n) is 5.51. The summed E-state index contributed by atoms with van der Waals surface area (Å²) in [5, 5.41) is 18.0. The van der Waals surface area contributed by atoms with Gasteiger partial charge in [0.15, 0.2) is 0 Å². The molecule has 2 aromatic carbocycles. The predicted octanol–water partition coefficient (Wildman–Crippen LogP) is 5.16. The highest BCUT2D eigenvalue weighted by atomic mass is 19.1. The van der Waals surface area contributed by atoms with Gasteiger partial charge in [0.25, 0.3) is 0 Å². The molecule has 4 unspecified atom stereocenters. The molecule has 2 rings (SSSR count).